The van der Waals surface area contributed by atoms with E-state index >= 15 is 0 Å². The number of anilines is 1. The fourth-order valence-electron chi connectivity index (χ4n) is 1.36. The average Bonchev–Trinajstić information content (AvgIpc) is 2.26. The first-order chi connectivity index (χ1) is 8.04. The lowest BCUT2D eigenvalue weighted by Crippen LogP contribution is -2.13. The number of aliphatic hydroxyl groups is 1. The van der Waals surface area contributed by atoms with Crippen LogP contribution in [0.1, 0.15) is 18.4 Å². The zero-order chi connectivity index (χ0) is 12.8. The molecule has 0 fully saturated rings. The van der Waals surface area contributed by atoms with Crippen molar-refractivity contribution in [3.63, 3.8) is 0 Å². The highest BCUT2D eigenvalue weighted by Crippen LogP contribution is 2.25. The highest BCUT2D eigenvalue weighted by atomic mass is 16.6. The predicted molar refractivity (Wildman–Crippen MR) is 62.8 cm³/mol. The van der Waals surface area contributed by atoms with Gasteiger partial charge in [0, 0.05) is 19.1 Å². The van der Waals surface area contributed by atoms with Crippen molar-refractivity contribution >= 4 is 17.3 Å². The number of hydrogen-bond donors (Lipinski definition) is 2. The molecule has 0 spiro atoms. The predicted octanol–water partition coefficient (Wildman–Crippen LogP) is 1.61. The molecule has 0 saturated carbocycles. The zero-order valence-corrected chi connectivity index (χ0v) is 9.47. The molecule has 1 aromatic rings. The summed E-state index contributed by atoms with van der Waals surface area (Å²) in [6, 6.07) is 4.52. The van der Waals surface area contributed by atoms with Gasteiger partial charge in [0.2, 0.25) is 5.91 Å². The van der Waals surface area contributed by atoms with Gasteiger partial charge in [-0.3, -0.25) is 14.9 Å². The fourth-order valence-corrected chi connectivity index (χ4v) is 1.36. The Balaban J connectivity index is 2.85. The van der Waals surface area contributed by atoms with Crippen LogP contribution < -0.4 is 5.32 Å². The van der Waals surface area contributed by atoms with Crippen molar-refractivity contribution in [3.05, 3.63) is 33.9 Å². The Morgan fingerprint density at radius 1 is 1.53 bits per heavy atom. The Morgan fingerprint density at radius 2 is 2.24 bits per heavy atom. The third-order valence-electron chi connectivity index (χ3n) is 2.18. The first-order valence-electron chi connectivity index (χ1n) is 5.20. The number of carbonyl (C=O) groups excluding carboxylic acids is 1. The maximum atomic E-state index is 11.4. The summed E-state index contributed by atoms with van der Waals surface area (Å²) in [7, 11) is 0. The van der Waals surface area contributed by atoms with E-state index in [1.54, 1.807) is 19.1 Å². The monoisotopic (exact) mass is 238 g/mol. The number of amides is 1. The molecule has 0 bridgehead atoms. The van der Waals surface area contributed by atoms with Gasteiger partial charge >= 0.3 is 0 Å². The summed E-state index contributed by atoms with van der Waals surface area (Å²) in [6.45, 7) is 1.70. The minimum Gasteiger partial charge on any atom is -0.396 e. The number of rotatable bonds is 5. The van der Waals surface area contributed by atoms with Crippen LogP contribution in [0.2, 0.25) is 0 Å². The summed E-state index contributed by atoms with van der Waals surface area (Å²) in [6.07, 6.45) is 0.479. The van der Waals surface area contributed by atoms with Crippen LogP contribution in [0.3, 0.4) is 0 Å². The van der Waals surface area contributed by atoms with Gasteiger partial charge in [-0.05, 0) is 25.0 Å². The number of nitro benzene ring substituents is 1. The third kappa shape index (κ3) is 3.84. The molecule has 1 amide bonds. The molecular formula is C11H14N2O4. The van der Waals surface area contributed by atoms with Crippen LogP contribution in [0.15, 0.2) is 18.2 Å². The van der Waals surface area contributed by atoms with Crippen molar-refractivity contribution in [3.8, 4) is 0 Å². The molecule has 0 aliphatic rings. The maximum Gasteiger partial charge on any atom is 0.292 e. The Bertz CT molecular complexity index is 431. The summed E-state index contributed by atoms with van der Waals surface area (Å²) in [4.78, 5) is 21.6. The molecule has 0 heterocycles. The molecule has 1 aromatic carbocycles. The first-order valence-corrected chi connectivity index (χ1v) is 5.20. The van der Waals surface area contributed by atoms with E-state index in [1.165, 1.54) is 6.07 Å². The normalized spacial score (nSPS) is 10.0. The molecule has 0 aliphatic carbocycles. The summed E-state index contributed by atoms with van der Waals surface area (Å²) >= 11 is 0. The van der Waals surface area contributed by atoms with Crippen molar-refractivity contribution in [2.75, 3.05) is 11.9 Å². The lowest BCUT2D eigenvalue weighted by Gasteiger charge is -2.06. The van der Waals surface area contributed by atoms with Gasteiger partial charge in [-0.2, -0.15) is 0 Å². The van der Waals surface area contributed by atoms with Gasteiger partial charge in [-0.25, -0.2) is 0 Å². The summed E-state index contributed by atoms with van der Waals surface area (Å²) in [5.41, 5.74) is 0.888. The van der Waals surface area contributed by atoms with Crippen LogP contribution >= 0.6 is 0 Å². The largest absolute Gasteiger partial charge is 0.396 e. The zero-order valence-electron chi connectivity index (χ0n) is 9.47. The van der Waals surface area contributed by atoms with Gasteiger partial charge in [-0.1, -0.05) is 6.07 Å². The highest BCUT2D eigenvalue weighted by molar-refractivity contribution is 5.93. The van der Waals surface area contributed by atoms with Crippen molar-refractivity contribution in [2.24, 2.45) is 0 Å². The summed E-state index contributed by atoms with van der Waals surface area (Å²) in [5, 5.41) is 21.8. The second-order valence-electron chi connectivity index (χ2n) is 3.65. The van der Waals surface area contributed by atoms with E-state index in [-0.39, 0.29) is 30.3 Å². The van der Waals surface area contributed by atoms with E-state index in [9.17, 15) is 14.9 Å². The van der Waals surface area contributed by atoms with Crippen molar-refractivity contribution in [1.82, 2.24) is 0 Å². The molecule has 0 unspecified atom stereocenters. The van der Waals surface area contributed by atoms with Crippen LogP contribution in [0.4, 0.5) is 11.4 Å². The van der Waals surface area contributed by atoms with E-state index in [4.69, 9.17) is 5.11 Å². The van der Waals surface area contributed by atoms with Crippen LogP contribution in [-0.2, 0) is 4.79 Å². The summed E-state index contributed by atoms with van der Waals surface area (Å²) in [5.74, 6) is -0.340. The number of hydrogen-bond acceptors (Lipinski definition) is 4. The van der Waals surface area contributed by atoms with Gasteiger partial charge < -0.3 is 10.4 Å². The van der Waals surface area contributed by atoms with Gasteiger partial charge in [0.15, 0.2) is 0 Å². The molecule has 0 radical (unpaired) electrons. The van der Waals surface area contributed by atoms with Crippen molar-refractivity contribution in [2.45, 2.75) is 19.8 Å². The summed E-state index contributed by atoms with van der Waals surface area (Å²) < 4.78 is 0. The Hall–Kier alpha value is -1.95. The minimum absolute atomic E-state index is 0.0800. The number of carbonyl (C=O) groups is 1. The van der Waals surface area contributed by atoms with Gasteiger partial charge in [0.25, 0.3) is 5.69 Å². The second kappa shape index (κ2) is 5.95. The first kappa shape index (κ1) is 13.1. The van der Waals surface area contributed by atoms with Gasteiger partial charge in [-0.15, -0.1) is 0 Å². The topological polar surface area (TPSA) is 92.5 Å². The number of benzene rings is 1. The van der Waals surface area contributed by atoms with Crippen LogP contribution in [0, 0.1) is 17.0 Å². The quantitative estimate of drug-likeness (QED) is 0.602. The standard InChI is InChI=1S/C11H14N2O4/c1-8-4-5-10(13(16)17)9(7-8)12-11(15)3-2-6-14/h4-5,7,14H,2-3,6H2,1H3,(H,12,15). The van der Waals surface area contributed by atoms with Crippen LogP contribution in [0.25, 0.3) is 0 Å². The molecule has 17 heavy (non-hydrogen) atoms. The van der Waals surface area contributed by atoms with Crippen molar-refractivity contribution < 1.29 is 14.8 Å². The third-order valence-corrected chi connectivity index (χ3v) is 2.18. The smallest absolute Gasteiger partial charge is 0.292 e. The van der Waals surface area contributed by atoms with E-state index < -0.39 is 4.92 Å². The fraction of sp³-hybridized carbons (Fsp3) is 0.364. The van der Waals surface area contributed by atoms with Crippen molar-refractivity contribution in [1.29, 1.82) is 0 Å². The number of nitrogens with one attached hydrogen (secondary N) is 1. The average molecular weight is 238 g/mol. The van der Waals surface area contributed by atoms with E-state index in [0.717, 1.165) is 5.56 Å². The molecule has 0 aromatic heterocycles. The molecular weight excluding hydrogens is 224 g/mol. The number of aryl methyl sites for hydroxylation is 1. The Morgan fingerprint density at radius 3 is 2.82 bits per heavy atom. The molecule has 0 aliphatic heterocycles. The maximum absolute atomic E-state index is 11.4. The number of nitro groups is 1. The molecule has 0 atom stereocenters. The lowest BCUT2D eigenvalue weighted by molar-refractivity contribution is -0.383. The molecule has 92 valence electrons. The lowest BCUT2D eigenvalue weighted by atomic mass is 10.2. The molecule has 2 N–H and O–H groups in total. The van der Waals surface area contributed by atoms with Crippen LogP contribution in [0.5, 0.6) is 0 Å². The number of aliphatic hydroxyl groups excluding tert-OH is 1. The SMILES string of the molecule is Cc1ccc([N+](=O)[O-])c(NC(=O)CCCO)c1. The molecule has 6 heteroatoms. The second-order valence-corrected chi connectivity index (χ2v) is 3.65. The minimum atomic E-state index is -0.541. The molecule has 1 rings (SSSR count). The van der Waals surface area contributed by atoms with E-state index in [0.29, 0.717) is 6.42 Å². The number of nitrogens with zero attached hydrogens (tertiary/aromatic N) is 1. The Labute approximate surface area is 98.4 Å². The highest BCUT2D eigenvalue weighted by Gasteiger charge is 2.15. The van der Waals surface area contributed by atoms with Crippen LogP contribution in [-0.4, -0.2) is 22.5 Å². The van der Waals surface area contributed by atoms with E-state index in [2.05, 4.69) is 5.32 Å². The molecule has 6 nitrogen and oxygen atoms in total. The van der Waals surface area contributed by atoms with Gasteiger partial charge in [0.1, 0.15) is 5.69 Å². The molecule has 0 saturated heterocycles. The Kier molecular flexibility index (Phi) is 4.59. The van der Waals surface area contributed by atoms with Gasteiger partial charge in [0.05, 0.1) is 4.92 Å². The van der Waals surface area contributed by atoms with E-state index in [1.807, 2.05) is 0 Å².